The number of primary amides is 1. The van der Waals surface area contributed by atoms with Gasteiger partial charge in [0.15, 0.2) is 6.54 Å². The standard InChI is InChI=1S/C17H18N4O5S/c1-7-12(9-3-20-6-19(4-10(18)23)5-11(20)27-9)15(17(25)26)21-14(7)13(8(2)22)16(21)24/h3,5-8,13-14,22H,4H2,1-2H3,(H2-,18,23,25,26)/p+1/t7-,8+,13+,14+/m0/s1. The Hall–Kier alpha value is -2.72. The Balaban J connectivity index is 1.76. The van der Waals surface area contributed by atoms with E-state index in [9.17, 15) is 24.6 Å². The molecule has 0 aromatic carbocycles. The Morgan fingerprint density at radius 2 is 2.15 bits per heavy atom. The van der Waals surface area contributed by atoms with Gasteiger partial charge in [0.25, 0.3) is 5.91 Å². The molecule has 0 aliphatic carbocycles. The van der Waals surface area contributed by atoms with E-state index in [1.165, 1.54) is 16.2 Å². The number of thiazole rings is 1. The van der Waals surface area contributed by atoms with Gasteiger partial charge in [0.05, 0.1) is 22.9 Å². The minimum absolute atomic E-state index is 0.0103. The minimum atomic E-state index is -1.15. The van der Waals surface area contributed by atoms with Crippen LogP contribution in [-0.4, -0.2) is 49.4 Å². The number of carboxylic acid groups (broad SMARTS) is 1. The number of carbonyl (C=O) groups is 3. The zero-order valence-corrected chi connectivity index (χ0v) is 15.5. The van der Waals surface area contributed by atoms with Crippen LogP contribution in [0.5, 0.6) is 0 Å². The summed E-state index contributed by atoms with van der Waals surface area (Å²) in [4.78, 5) is 38.2. The number of aromatic nitrogens is 2. The summed E-state index contributed by atoms with van der Waals surface area (Å²) >= 11 is 1.38. The molecule has 4 heterocycles. The summed E-state index contributed by atoms with van der Waals surface area (Å²) in [6.45, 7) is 3.49. The fourth-order valence-electron chi connectivity index (χ4n) is 4.18. The highest BCUT2D eigenvalue weighted by Crippen LogP contribution is 2.51. The van der Waals surface area contributed by atoms with E-state index in [-0.39, 0.29) is 30.1 Å². The van der Waals surface area contributed by atoms with Crippen molar-refractivity contribution in [2.24, 2.45) is 17.6 Å². The predicted octanol–water partition coefficient (Wildman–Crippen LogP) is -0.573. The Bertz CT molecular complexity index is 988. The second-order valence-corrected chi connectivity index (χ2v) is 8.11. The van der Waals surface area contributed by atoms with Crippen LogP contribution in [-0.2, 0) is 20.9 Å². The number of carbonyl (C=O) groups excluding carboxylic acids is 2. The van der Waals surface area contributed by atoms with Crippen LogP contribution in [0.1, 0.15) is 18.7 Å². The number of nitrogens with two attached hydrogens (primary N) is 1. The molecule has 2 aromatic rings. The molecule has 2 aromatic heterocycles. The minimum Gasteiger partial charge on any atom is -0.477 e. The first kappa shape index (κ1) is 17.7. The summed E-state index contributed by atoms with van der Waals surface area (Å²) in [7, 11) is 0. The first-order valence-electron chi connectivity index (χ1n) is 8.48. The zero-order valence-electron chi connectivity index (χ0n) is 14.7. The van der Waals surface area contributed by atoms with Crippen LogP contribution in [0.15, 0.2) is 24.4 Å². The van der Waals surface area contributed by atoms with E-state index in [0.29, 0.717) is 5.57 Å². The maximum atomic E-state index is 12.4. The highest BCUT2D eigenvalue weighted by Gasteiger charge is 2.60. The third kappa shape index (κ3) is 2.47. The third-order valence-electron chi connectivity index (χ3n) is 5.25. The number of nitrogens with zero attached hydrogens (tertiary/aromatic N) is 3. The van der Waals surface area contributed by atoms with Crippen LogP contribution in [0.4, 0.5) is 0 Å². The number of aliphatic hydroxyl groups is 1. The van der Waals surface area contributed by atoms with Gasteiger partial charge in [0, 0.05) is 11.5 Å². The Labute approximate surface area is 157 Å². The second-order valence-electron chi connectivity index (χ2n) is 7.05. The lowest BCUT2D eigenvalue weighted by Crippen LogP contribution is -2.63. The van der Waals surface area contributed by atoms with Gasteiger partial charge in [-0.15, -0.1) is 0 Å². The number of β-lactam (4-membered cyclic amide) rings is 1. The van der Waals surface area contributed by atoms with E-state index in [2.05, 4.69) is 0 Å². The van der Waals surface area contributed by atoms with Crippen LogP contribution in [0, 0.1) is 11.8 Å². The lowest BCUT2D eigenvalue weighted by Gasteiger charge is -2.46. The molecule has 0 radical (unpaired) electrons. The molecule has 10 heteroatoms. The van der Waals surface area contributed by atoms with Crippen LogP contribution in [0.25, 0.3) is 10.4 Å². The molecule has 4 N–H and O–H groups in total. The first-order chi connectivity index (χ1) is 12.7. The molecule has 27 heavy (non-hydrogen) atoms. The number of imidazole rings is 1. The summed E-state index contributed by atoms with van der Waals surface area (Å²) in [5, 5.41) is 19.6. The van der Waals surface area contributed by atoms with Gasteiger partial charge in [-0.3, -0.25) is 9.59 Å². The average Bonchev–Trinajstić information content (AvgIpc) is 3.14. The number of hydrogen-bond acceptors (Lipinski definition) is 5. The van der Waals surface area contributed by atoms with Crippen molar-refractivity contribution < 1.29 is 29.2 Å². The number of aliphatic hydroxyl groups excluding tert-OH is 1. The summed E-state index contributed by atoms with van der Waals surface area (Å²) in [6.07, 6.45) is 4.43. The van der Waals surface area contributed by atoms with Crippen LogP contribution in [0.2, 0.25) is 0 Å². The van der Waals surface area contributed by atoms with Gasteiger partial charge in [-0.2, -0.15) is 4.40 Å². The fourth-order valence-corrected chi connectivity index (χ4v) is 5.36. The van der Waals surface area contributed by atoms with Gasteiger partial charge in [-0.25, -0.2) is 9.36 Å². The van der Waals surface area contributed by atoms with E-state index < -0.39 is 23.9 Å². The molecule has 0 spiro atoms. The summed E-state index contributed by atoms with van der Waals surface area (Å²) in [5.41, 5.74) is 5.79. The molecular formula is C17H19N4O5S+. The monoisotopic (exact) mass is 391 g/mol. The summed E-state index contributed by atoms with van der Waals surface area (Å²) in [6, 6.07) is -0.347. The number of fused-ring (bicyclic) bond motifs is 2. The van der Waals surface area contributed by atoms with E-state index in [1.54, 1.807) is 34.6 Å². The summed E-state index contributed by atoms with van der Waals surface area (Å²) < 4.78 is 3.45. The van der Waals surface area contributed by atoms with Gasteiger partial charge in [-0.1, -0.05) is 18.3 Å². The van der Waals surface area contributed by atoms with Gasteiger partial charge >= 0.3 is 5.97 Å². The highest BCUT2D eigenvalue weighted by atomic mass is 32.1. The molecular weight excluding hydrogens is 372 g/mol. The summed E-state index contributed by atoms with van der Waals surface area (Å²) in [5.74, 6) is -2.76. The zero-order chi connectivity index (χ0) is 19.6. The van der Waals surface area contributed by atoms with Gasteiger partial charge in [0.2, 0.25) is 17.1 Å². The number of amides is 2. The largest absolute Gasteiger partial charge is 0.477 e. The maximum absolute atomic E-state index is 12.4. The smallest absolute Gasteiger partial charge is 0.352 e. The van der Waals surface area contributed by atoms with Crippen molar-refractivity contribution in [2.45, 2.75) is 32.5 Å². The van der Waals surface area contributed by atoms with Crippen molar-refractivity contribution in [1.82, 2.24) is 9.30 Å². The second kappa shape index (κ2) is 5.89. The molecule has 142 valence electrons. The first-order valence-corrected chi connectivity index (χ1v) is 9.30. The van der Waals surface area contributed by atoms with Crippen molar-refractivity contribution >= 4 is 39.5 Å². The van der Waals surface area contributed by atoms with Crippen LogP contribution < -0.4 is 10.3 Å². The van der Waals surface area contributed by atoms with Gasteiger partial charge < -0.3 is 20.8 Å². The number of rotatable bonds is 5. The lowest BCUT2D eigenvalue weighted by atomic mass is 9.77. The highest BCUT2D eigenvalue weighted by molar-refractivity contribution is 7.18. The lowest BCUT2D eigenvalue weighted by molar-refractivity contribution is -0.682. The van der Waals surface area contributed by atoms with Crippen molar-refractivity contribution in [3.8, 4) is 0 Å². The molecule has 1 saturated heterocycles. The van der Waals surface area contributed by atoms with E-state index in [1.807, 2.05) is 6.92 Å². The molecule has 0 bridgehead atoms. The number of carboxylic acids is 1. The Morgan fingerprint density at radius 1 is 1.44 bits per heavy atom. The van der Waals surface area contributed by atoms with Gasteiger partial charge in [-0.05, 0) is 6.92 Å². The quantitative estimate of drug-likeness (QED) is 0.464. The maximum Gasteiger partial charge on any atom is 0.352 e. The molecule has 1 fully saturated rings. The average molecular weight is 391 g/mol. The molecule has 9 nitrogen and oxygen atoms in total. The van der Waals surface area contributed by atoms with Crippen molar-refractivity contribution in [2.75, 3.05) is 0 Å². The molecule has 0 unspecified atom stereocenters. The molecule has 0 saturated carbocycles. The molecule has 2 aliphatic heterocycles. The van der Waals surface area contributed by atoms with Crippen LogP contribution in [0.3, 0.4) is 0 Å². The SMILES string of the molecule is C[C@@H](O)[C@H]1C(=O)N2C(C(=O)O)=C(c3cn4c[n+](CC(N)=O)cc4s3)[C@H](C)[C@H]12. The fraction of sp³-hybridized carbons (Fsp3) is 0.412. The molecule has 2 aliphatic rings. The number of hydrogen-bond donors (Lipinski definition) is 3. The van der Waals surface area contributed by atoms with Crippen LogP contribution >= 0.6 is 11.3 Å². The molecule has 4 atom stereocenters. The van der Waals surface area contributed by atoms with Crippen molar-refractivity contribution in [1.29, 1.82) is 0 Å². The third-order valence-corrected chi connectivity index (χ3v) is 6.32. The normalized spacial score (nSPS) is 25.7. The van der Waals surface area contributed by atoms with E-state index in [4.69, 9.17) is 5.73 Å². The van der Waals surface area contributed by atoms with Crippen molar-refractivity contribution in [3.63, 3.8) is 0 Å². The number of aliphatic carboxylic acids is 1. The Morgan fingerprint density at radius 3 is 2.70 bits per heavy atom. The topological polar surface area (TPSA) is 129 Å². The predicted molar refractivity (Wildman–Crippen MR) is 94.2 cm³/mol. The molecule has 2 amide bonds. The van der Waals surface area contributed by atoms with E-state index >= 15 is 0 Å². The molecule has 4 rings (SSSR count). The van der Waals surface area contributed by atoms with Crippen molar-refractivity contribution in [3.05, 3.63) is 29.3 Å². The van der Waals surface area contributed by atoms with Gasteiger partial charge in [0.1, 0.15) is 18.1 Å². The Kier molecular flexibility index (Phi) is 3.86. The van der Waals surface area contributed by atoms with E-state index in [0.717, 1.165) is 9.71 Å².